The van der Waals surface area contributed by atoms with Gasteiger partial charge >= 0.3 is 6.18 Å². The van der Waals surface area contributed by atoms with Crippen molar-refractivity contribution in [3.63, 3.8) is 0 Å². The van der Waals surface area contributed by atoms with Crippen LogP contribution >= 0.6 is 0 Å². The summed E-state index contributed by atoms with van der Waals surface area (Å²) >= 11 is 0. The summed E-state index contributed by atoms with van der Waals surface area (Å²) in [6.45, 7) is 2.93. The van der Waals surface area contributed by atoms with Crippen molar-refractivity contribution in [2.75, 3.05) is 18.0 Å². The molecule has 2 aromatic heterocycles. The second-order valence-electron chi connectivity index (χ2n) is 5.34. The molecule has 0 bridgehead atoms. The zero-order valence-electron chi connectivity index (χ0n) is 12.0. The van der Waals surface area contributed by atoms with E-state index in [-0.39, 0.29) is 5.92 Å². The van der Waals surface area contributed by atoms with Gasteiger partial charge in [-0.3, -0.25) is 0 Å². The van der Waals surface area contributed by atoms with Crippen LogP contribution < -0.4 is 4.90 Å². The fourth-order valence-electron chi connectivity index (χ4n) is 2.62. The Bertz CT molecular complexity index is 656. The fourth-order valence-corrected chi connectivity index (χ4v) is 2.62. The van der Waals surface area contributed by atoms with Crippen LogP contribution in [0.4, 0.5) is 19.0 Å². The number of piperidine rings is 1. The van der Waals surface area contributed by atoms with Crippen LogP contribution in [0.5, 0.6) is 0 Å². The van der Waals surface area contributed by atoms with Gasteiger partial charge in [0.15, 0.2) is 5.82 Å². The minimum absolute atomic E-state index is 0.0197. The maximum atomic E-state index is 12.8. The standard InChI is InChI=1S/C14H15F3N4O/c1-9-18-13(22-20-9)10-4-3-7-21(8-10)12-6-2-5-11(19-12)14(15,16)17/h2,5-6,10H,3-4,7-8H2,1H3/t10-/m0/s1. The van der Waals surface area contributed by atoms with Gasteiger partial charge in [-0.1, -0.05) is 11.2 Å². The summed E-state index contributed by atoms with van der Waals surface area (Å²) < 4.78 is 43.5. The maximum Gasteiger partial charge on any atom is 0.433 e. The van der Waals surface area contributed by atoms with Crippen molar-refractivity contribution in [1.82, 2.24) is 15.1 Å². The highest BCUT2D eigenvalue weighted by Gasteiger charge is 2.33. The molecule has 118 valence electrons. The van der Waals surface area contributed by atoms with Crippen LogP contribution in [0.2, 0.25) is 0 Å². The SMILES string of the molecule is Cc1noc([C@H]2CCCN(c3cccc(C(F)(F)F)n3)C2)n1. The van der Waals surface area contributed by atoms with Crippen LogP contribution in [-0.4, -0.2) is 28.2 Å². The van der Waals surface area contributed by atoms with E-state index in [0.29, 0.717) is 30.6 Å². The Morgan fingerprint density at radius 1 is 1.27 bits per heavy atom. The molecule has 1 atom stereocenters. The molecule has 0 radical (unpaired) electrons. The van der Waals surface area contributed by atoms with Gasteiger partial charge in [0.2, 0.25) is 5.89 Å². The number of hydrogen-bond acceptors (Lipinski definition) is 5. The predicted molar refractivity (Wildman–Crippen MR) is 72.5 cm³/mol. The second-order valence-corrected chi connectivity index (χ2v) is 5.34. The van der Waals surface area contributed by atoms with Gasteiger partial charge < -0.3 is 9.42 Å². The van der Waals surface area contributed by atoms with E-state index < -0.39 is 11.9 Å². The minimum atomic E-state index is -4.44. The molecule has 5 nitrogen and oxygen atoms in total. The van der Waals surface area contributed by atoms with Crippen molar-refractivity contribution in [2.24, 2.45) is 0 Å². The van der Waals surface area contributed by atoms with Gasteiger partial charge in [0.05, 0.1) is 5.92 Å². The monoisotopic (exact) mass is 312 g/mol. The first-order chi connectivity index (χ1) is 10.4. The Kier molecular flexibility index (Phi) is 3.76. The van der Waals surface area contributed by atoms with Gasteiger partial charge in [-0.2, -0.15) is 18.2 Å². The molecule has 0 saturated carbocycles. The van der Waals surface area contributed by atoms with E-state index in [2.05, 4.69) is 15.1 Å². The lowest BCUT2D eigenvalue weighted by Gasteiger charge is -2.32. The smallest absolute Gasteiger partial charge is 0.356 e. The first-order valence-corrected chi connectivity index (χ1v) is 7.03. The van der Waals surface area contributed by atoms with Crippen LogP contribution in [-0.2, 0) is 6.18 Å². The molecule has 0 aliphatic carbocycles. The summed E-state index contributed by atoms with van der Waals surface area (Å²) in [4.78, 5) is 9.79. The van der Waals surface area contributed by atoms with Gasteiger partial charge in [-0.25, -0.2) is 4.98 Å². The van der Waals surface area contributed by atoms with Crippen molar-refractivity contribution in [3.8, 4) is 0 Å². The van der Waals surface area contributed by atoms with Crippen molar-refractivity contribution in [3.05, 3.63) is 35.6 Å². The first kappa shape index (κ1) is 14.8. The lowest BCUT2D eigenvalue weighted by molar-refractivity contribution is -0.141. The van der Waals surface area contributed by atoms with Gasteiger partial charge in [-0.05, 0) is 31.9 Å². The number of pyridine rings is 1. The Labute approximate surface area is 125 Å². The lowest BCUT2D eigenvalue weighted by atomic mass is 9.98. The number of nitrogens with zero attached hydrogens (tertiary/aromatic N) is 4. The fraction of sp³-hybridized carbons (Fsp3) is 0.500. The summed E-state index contributed by atoms with van der Waals surface area (Å²) in [7, 11) is 0. The van der Waals surface area contributed by atoms with Gasteiger partial charge in [0, 0.05) is 13.1 Å². The molecule has 1 aliphatic heterocycles. The van der Waals surface area contributed by atoms with Crippen molar-refractivity contribution >= 4 is 5.82 Å². The molecule has 2 aromatic rings. The third-order valence-corrected chi connectivity index (χ3v) is 3.66. The zero-order chi connectivity index (χ0) is 15.7. The van der Waals surface area contributed by atoms with Crippen molar-refractivity contribution in [2.45, 2.75) is 31.9 Å². The maximum absolute atomic E-state index is 12.8. The van der Waals surface area contributed by atoms with E-state index in [1.165, 1.54) is 6.07 Å². The highest BCUT2D eigenvalue weighted by molar-refractivity contribution is 5.40. The Hall–Kier alpha value is -2.12. The first-order valence-electron chi connectivity index (χ1n) is 7.03. The second kappa shape index (κ2) is 5.58. The number of aromatic nitrogens is 3. The number of halogens is 3. The zero-order valence-corrected chi connectivity index (χ0v) is 12.0. The van der Waals surface area contributed by atoms with E-state index in [1.54, 1.807) is 13.0 Å². The predicted octanol–water partition coefficient (Wildman–Crippen LogP) is 3.18. The van der Waals surface area contributed by atoms with Crippen LogP contribution in [0.25, 0.3) is 0 Å². The van der Waals surface area contributed by atoms with E-state index in [1.807, 2.05) is 4.90 Å². The van der Waals surface area contributed by atoms with Crippen LogP contribution in [0.15, 0.2) is 22.7 Å². The molecular formula is C14H15F3N4O. The number of anilines is 1. The van der Waals surface area contributed by atoms with Gasteiger partial charge in [0.25, 0.3) is 0 Å². The third kappa shape index (κ3) is 3.05. The van der Waals surface area contributed by atoms with Crippen LogP contribution in [0, 0.1) is 6.92 Å². The van der Waals surface area contributed by atoms with Gasteiger partial charge in [-0.15, -0.1) is 0 Å². The highest BCUT2D eigenvalue weighted by atomic mass is 19.4. The molecule has 1 saturated heterocycles. The number of aryl methyl sites for hydroxylation is 1. The number of rotatable bonds is 2. The van der Waals surface area contributed by atoms with Crippen molar-refractivity contribution in [1.29, 1.82) is 0 Å². The summed E-state index contributed by atoms with van der Waals surface area (Å²) in [5, 5.41) is 3.77. The van der Waals surface area contributed by atoms with Crippen LogP contribution in [0.1, 0.15) is 36.2 Å². The Morgan fingerprint density at radius 2 is 2.09 bits per heavy atom. The molecule has 8 heteroatoms. The molecule has 3 heterocycles. The molecule has 0 N–H and O–H groups in total. The summed E-state index contributed by atoms with van der Waals surface area (Å²) in [6, 6.07) is 3.95. The van der Waals surface area contributed by atoms with E-state index in [9.17, 15) is 13.2 Å². The molecule has 0 spiro atoms. The highest BCUT2D eigenvalue weighted by Crippen LogP contribution is 2.31. The Balaban J connectivity index is 1.80. The van der Waals surface area contributed by atoms with E-state index in [0.717, 1.165) is 18.9 Å². The number of hydrogen-bond donors (Lipinski definition) is 0. The van der Waals surface area contributed by atoms with Crippen LogP contribution in [0.3, 0.4) is 0 Å². The molecule has 3 rings (SSSR count). The molecule has 0 amide bonds. The normalized spacial score (nSPS) is 19.5. The third-order valence-electron chi connectivity index (χ3n) is 3.66. The number of alkyl halides is 3. The molecular weight excluding hydrogens is 297 g/mol. The minimum Gasteiger partial charge on any atom is -0.356 e. The summed E-state index contributed by atoms with van der Waals surface area (Å²) in [5.74, 6) is 1.44. The van der Waals surface area contributed by atoms with Crippen molar-refractivity contribution < 1.29 is 17.7 Å². The van der Waals surface area contributed by atoms with Gasteiger partial charge in [0.1, 0.15) is 11.5 Å². The molecule has 1 fully saturated rings. The van der Waals surface area contributed by atoms with E-state index in [4.69, 9.17) is 4.52 Å². The average Bonchev–Trinajstić information content (AvgIpc) is 2.93. The average molecular weight is 312 g/mol. The quantitative estimate of drug-likeness (QED) is 0.852. The molecule has 0 aromatic carbocycles. The largest absolute Gasteiger partial charge is 0.433 e. The molecule has 1 aliphatic rings. The Morgan fingerprint density at radius 3 is 2.77 bits per heavy atom. The lowest BCUT2D eigenvalue weighted by Crippen LogP contribution is -2.35. The molecule has 0 unspecified atom stereocenters. The summed E-state index contributed by atoms with van der Waals surface area (Å²) in [6.07, 6.45) is -2.73. The molecule has 22 heavy (non-hydrogen) atoms. The summed E-state index contributed by atoms with van der Waals surface area (Å²) in [5.41, 5.74) is -0.874. The topological polar surface area (TPSA) is 55.1 Å². The van der Waals surface area contributed by atoms with E-state index >= 15 is 0 Å².